The van der Waals surface area contributed by atoms with Crippen LogP contribution in [0.15, 0.2) is 6.33 Å². The van der Waals surface area contributed by atoms with Gasteiger partial charge in [-0.25, -0.2) is 0 Å². The van der Waals surface area contributed by atoms with Gasteiger partial charge in [0.05, 0.1) is 6.54 Å². The minimum absolute atomic E-state index is 0.0898. The van der Waals surface area contributed by atoms with Gasteiger partial charge in [0.15, 0.2) is 0 Å². The number of nitrogens with zero attached hydrogens (tertiary/aromatic N) is 4. The molecule has 1 N–H and O–H groups in total. The number of aromatic nitrogens is 3. The third-order valence-corrected chi connectivity index (χ3v) is 2.95. The van der Waals surface area contributed by atoms with Gasteiger partial charge >= 0.3 is 5.97 Å². The lowest BCUT2D eigenvalue weighted by molar-refractivity contribution is -0.145. The summed E-state index contributed by atoms with van der Waals surface area (Å²) in [6.07, 6.45) is 1.69. The molecule has 0 radical (unpaired) electrons. The summed E-state index contributed by atoms with van der Waals surface area (Å²) in [6.45, 7) is 5.92. The van der Waals surface area contributed by atoms with Crippen molar-refractivity contribution in [2.24, 2.45) is 5.92 Å². The van der Waals surface area contributed by atoms with Crippen LogP contribution in [-0.4, -0.2) is 43.3 Å². The number of carboxylic acid groups (broad SMARTS) is 1. The first-order valence-corrected chi connectivity index (χ1v) is 5.43. The quantitative estimate of drug-likeness (QED) is 0.794. The first kappa shape index (κ1) is 11.1. The molecule has 6 nitrogen and oxygen atoms in total. The number of aliphatic carboxylic acids is 1. The van der Waals surface area contributed by atoms with Crippen molar-refractivity contribution < 1.29 is 9.90 Å². The van der Waals surface area contributed by atoms with Gasteiger partial charge in [0.2, 0.25) is 0 Å². The van der Waals surface area contributed by atoms with Crippen LogP contribution in [0.4, 0.5) is 0 Å². The average Bonchev–Trinajstić information content (AvgIpc) is 2.63. The molecule has 0 bridgehead atoms. The van der Waals surface area contributed by atoms with Gasteiger partial charge in [0.25, 0.3) is 0 Å². The van der Waals surface area contributed by atoms with Crippen LogP contribution in [0.1, 0.15) is 19.7 Å². The lowest BCUT2D eigenvalue weighted by Gasteiger charge is -2.33. The molecule has 2 heterocycles. The van der Waals surface area contributed by atoms with E-state index in [1.807, 2.05) is 23.3 Å². The van der Waals surface area contributed by atoms with Gasteiger partial charge in [0.1, 0.15) is 18.2 Å². The smallest absolute Gasteiger partial charge is 0.321 e. The number of rotatable bonds is 3. The van der Waals surface area contributed by atoms with Gasteiger partial charge in [0, 0.05) is 13.1 Å². The SMILES string of the molecule is CC(C)C(C(=O)O)N1CCn2cnnc2C1. The van der Waals surface area contributed by atoms with Crippen molar-refractivity contribution in [1.82, 2.24) is 19.7 Å². The predicted octanol–water partition coefficient (Wildman–Crippen LogP) is 0.203. The molecule has 0 spiro atoms. The Balaban J connectivity index is 2.15. The van der Waals surface area contributed by atoms with E-state index in [0.29, 0.717) is 6.54 Å². The molecule has 0 amide bonds. The van der Waals surface area contributed by atoms with Gasteiger partial charge < -0.3 is 9.67 Å². The van der Waals surface area contributed by atoms with Crippen molar-refractivity contribution >= 4 is 5.97 Å². The highest BCUT2D eigenvalue weighted by Gasteiger charge is 2.31. The molecule has 88 valence electrons. The lowest BCUT2D eigenvalue weighted by Crippen LogP contribution is -2.48. The van der Waals surface area contributed by atoms with E-state index in [-0.39, 0.29) is 5.92 Å². The summed E-state index contributed by atoms with van der Waals surface area (Å²) in [4.78, 5) is 13.2. The van der Waals surface area contributed by atoms with Crippen LogP contribution in [0.25, 0.3) is 0 Å². The highest BCUT2D eigenvalue weighted by atomic mass is 16.4. The fourth-order valence-electron chi connectivity index (χ4n) is 2.19. The fraction of sp³-hybridized carbons (Fsp3) is 0.700. The van der Waals surface area contributed by atoms with Gasteiger partial charge in [-0.15, -0.1) is 10.2 Å². The molecule has 0 aromatic carbocycles. The minimum atomic E-state index is -0.761. The van der Waals surface area contributed by atoms with E-state index in [1.165, 1.54) is 0 Å². The first-order valence-electron chi connectivity index (χ1n) is 5.43. The molecule has 1 aromatic heterocycles. The molecular formula is C10H16N4O2. The third-order valence-electron chi connectivity index (χ3n) is 2.95. The fourth-order valence-corrected chi connectivity index (χ4v) is 2.19. The van der Waals surface area contributed by atoms with Crippen LogP contribution in [-0.2, 0) is 17.9 Å². The Kier molecular flexibility index (Phi) is 2.91. The van der Waals surface area contributed by atoms with Crippen molar-refractivity contribution in [3.63, 3.8) is 0 Å². The zero-order chi connectivity index (χ0) is 11.7. The number of fused-ring (bicyclic) bond motifs is 1. The second-order valence-corrected chi connectivity index (χ2v) is 4.44. The maximum Gasteiger partial charge on any atom is 0.321 e. The maximum absolute atomic E-state index is 11.2. The number of carbonyl (C=O) groups is 1. The van der Waals surface area contributed by atoms with Gasteiger partial charge in [-0.05, 0) is 5.92 Å². The summed E-state index contributed by atoms with van der Waals surface area (Å²) in [6, 6.07) is -0.439. The van der Waals surface area contributed by atoms with Crippen molar-refractivity contribution in [2.75, 3.05) is 6.54 Å². The largest absolute Gasteiger partial charge is 0.480 e. The normalized spacial score (nSPS) is 18.4. The average molecular weight is 224 g/mol. The monoisotopic (exact) mass is 224 g/mol. The summed E-state index contributed by atoms with van der Waals surface area (Å²) in [5.41, 5.74) is 0. The zero-order valence-electron chi connectivity index (χ0n) is 9.50. The molecule has 2 rings (SSSR count). The standard InChI is InChI=1S/C10H16N4O2/c1-7(2)9(10(15)16)13-3-4-14-6-11-12-8(14)5-13/h6-7,9H,3-5H2,1-2H3,(H,15,16). The summed E-state index contributed by atoms with van der Waals surface area (Å²) >= 11 is 0. The van der Waals surface area contributed by atoms with E-state index in [2.05, 4.69) is 10.2 Å². The topological polar surface area (TPSA) is 71.2 Å². The zero-order valence-corrected chi connectivity index (χ0v) is 9.50. The highest BCUT2D eigenvalue weighted by Crippen LogP contribution is 2.17. The summed E-state index contributed by atoms with van der Waals surface area (Å²) < 4.78 is 1.97. The molecule has 0 saturated carbocycles. The Morgan fingerprint density at radius 3 is 2.88 bits per heavy atom. The first-order chi connectivity index (χ1) is 7.59. The summed E-state index contributed by atoms with van der Waals surface area (Å²) in [7, 11) is 0. The number of hydrogen-bond donors (Lipinski definition) is 1. The molecule has 0 fully saturated rings. The number of hydrogen-bond acceptors (Lipinski definition) is 4. The van der Waals surface area contributed by atoms with Gasteiger partial charge in [-0.3, -0.25) is 9.69 Å². The molecule has 1 aromatic rings. The molecule has 1 aliphatic rings. The van der Waals surface area contributed by atoms with Crippen LogP contribution >= 0.6 is 0 Å². The Bertz CT molecular complexity index is 388. The van der Waals surface area contributed by atoms with Crippen LogP contribution in [0, 0.1) is 5.92 Å². The highest BCUT2D eigenvalue weighted by molar-refractivity contribution is 5.73. The molecule has 0 saturated heterocycles. The molecule has 6 heteroatoms. The Labute approximate surface area is 93.9 Å². The van der Waals surface area contributed by atoms with E-state index >= 15 is 0 Å². The van der Waals surface area contributed by atoms with Crippen LogP contribution < -0.4 is 0 Å². The van der Waals surface area contributed by atoms with Crippen LogP contribution in [0.3, 0.4) is 0 Å². The van der Waals surface area contributed by atoms with Gasteiger partial charge in [-0.2, -0.15) is 0 Å². The molecule has 16 heavy (non-hydrogen) atoms. The summed E-state index contributed by atoms with van der Waals surface area (Å²) in [5, 5.41) is 17.0. The van der Waals surface area contributed by atoms with E-state index in [9.17, 15) is 9.90 Å². The molecule has 1 atom stereocenters. The second-order valence-electron chi connectivity index (χ2n) is 4.44. The maximum atomic E-state index is 11.2. The van der Waals surface area contributed by atoms with E-state index in [1.54, 1.807) is 6.33 Å². The Morgan fingerprint density at radius 1 is 1.50 bits per heavy atom. The van der Waals surface area contributed by atoms with Crippen molar-refractivity contribution in [3.8, 4) is 0 Å². The van der Waals surface area contributed by atoms with E-state index in [4.69, 9.17) is 0 Å². The van der Waals surface area contributed by atoms with Crippen molar-refractivity contribution in [1.29, 1.82) is 0 Å². The molecule has 0 aliphatic carbocycles. The Morgan fingerprint density at radius 2 is 2.25 bits per heavy atom. The lowest BCUT2D eigenvalue weighted by atomic mass is 10.0. The molecule has 1 aliphatic heterocycles. The van der Waals surface area contributed by atoms with E-state index in [0.717, 1.165) is 18.9 Å². The Hall–Kier alpha value is -1.43. The second kappa shape index (κ2) is 4.21. The molecule has 1 unspecified atom stereocenters. The predicted molar refractivity (Wildman–Crippen MR) is 56.7 cm³/mol. The number of carboxylic acids is 1. The minimum Gasteiger partial charge on any atom is -0.480 e. The third kappa shape index (κ3) is 1.92. The van der Waals surface area contributed by atoms with Crippen LogP contribution in [0.2, 0.25) is 0 Å². The van der Waals surface area contributed by atoms with Gasteiger partial charge in [-0.1, -0.05) is 13.8 Å². The van der Waals surface area contributed by atoms with Crippen LogP contribution in [0.5, 0.6) is 0 Å². The van der Waals surface area contributed by atoms with E-state index < -0.39 is 12.0 Å². The molecular weight excluding hydrogens is 208 g/mol. The summed E-state index contributed by atoms with van der Waals surface area (Å²) in [5.74, 6) is 0.174. The van der Waals surface area contributed by atoms with Crippen molar-refractivity contribution in [3.05, 3.63) is 12.2 Å². The van der Waals surface area contributed by atoms with Crippen molar-refractivity contribution in [2.45, 2.75) is 33.0 Å².